The molecule has 0 atom stereocenters. The van der Waals surface area contributed by atoms with Crippen molar-refractivity contribution in [2.45, 2.75) is 0 Å². The Labute approximate surface area is 86.0 Å². The predicted octanol–water partition coefficient (Wildman–Crippen LogP) is 1.80. The van der Waals surface area contributed by atoms with Crippen LogP contribution in [0.2, 0.25) is 0 Å². The lowest BCUT2D eigenvalue weighted by Gasteiger charge is -1.80. The van der Waals surface area contributed by atoms with E-state index in [2.05, 4.69) is 11.1 Å². The Hall–Kier alpha value is -0.980. The van der Waals surface area contributed by atoms with Crippen molar-refractivity contribution in [3.05, 3.63) is 29.8 Å². The van der Waals surface area contributed by atoms with Crippen LogP contribution >= 0.6 is 11.3 Å². The quantitative estimate of drug-likeness (QED) is 0.702. The molecule has 1 aromatic heterocycles. The number of aromatic nitrogens is 1. The van der Waals surface area contributed by atoms with Gasteiger partial charge in [0.15, 0.2) is 0 Å². The van der Waals surface area contributed by atoms with Crippen LogP contribution in [0.15, 0.2) is 29.8 Å². The molecule has 0 saturated carbocycles. The first-order valence-electron chi connectivity index (χ1n) is 3.67. The fourth-order valence-electron chi connectivity index (χ4n) is 0.803. The Kier molecular flexibility index (Phi) is 3.56. The van der Waals surface area contributed by atoms with Crippen LogP contribution in [0.4, 0.5) is 0 Å². The average molecular weight is 231 g/mol. The minimum atomic E-state index is -3.67. The van der Waals surface area contributed by atoms with Gasteiger partial charge in [-0.15, -0.1) is 11.3 Å². The first-order chi connectivity index (χ1) is 6.47. The van der Waals surface area contributed by atoms with Gasteiger partial charge in [-0.25, -0.2) is 4.98 Å². The van der Waals surface area contributed by atoms with E-state index in [1.54, 1.807) is 11.3 Å². The first-order valence-corrected chi connectivity index (χ1v) is 6.40. The molecule has 2 rings (SSSR count). The third-order valence-electron chi connectivity index (χ3n) is 1.24. The Morgan fingerprint density at radius 3 is 2.50 bits per heavy atom. The molecule has 0 aliphatic rings. The lowest BCUT2D eigenvalue weighted by Crippen LogP contribution is -1.88. The zero-order chi connectivity index (χ0) is 10.6. The fraction of sp³-hybridized carbons (Fsp3) is 0.125. The smallest absolute Gasteiger partial charge is 0.261 e. The largest absolute Gasteiger partial charge is 0.286 e. The summed E-state index contributed by atoms with van der Waals surface area (Å²) >= 11 is 1.68. The molecule has 0 amide bonds. The van der Waals surface area contributed by atoms with Gasteiger partial charge in [0, 0.05) is 0 Å². The fourth-order valence-corrected chi connectivity index (χ4v) is 1.48. The van der Waals surface area contributed by atoms with Crippen molar-refractivity contribution < 1.29 is 13.0 Å². The van der Waals surface area contributed by atoms with Gasteiger partial charge in [-0.3, -0.25) is 4.55 Å². The maximum Gasteiger partial charge on any atom is 0.261 e. The second-order valence-electron chi connectivity index (χ2n) is 2.55. The van der Waals surface area contributed by atoms with Gasteiger partial charge in [-0.2, -0.15) is 8.42 Å². The number of hydrogen-bond acceptors (Lipinski definition) is 4. The number of rotatable bonds is 0. The molecule has 0 spiro atoms. The minimum Gasteiger partial charge on any atom is -0.286 e. The molecule has 4 nitrogen and oxygen atoms in total. The van der Waals surface area contributed by atoms with Gasteiger partial charge in [0.25, 0.3) is 10.1 Å². The molecular formula is C8H9NO3S2. The summed E-state index contributed by atoms with van der Waals surface area (Å²) in [6.07, 6.45) is 0.715. The number of para-hydroxylation sites is 1. The average Bonchev–Trinajstić information content (AvgIpc) is 2.47. The third-order valence-corrected chi connectivity index (χ3v) is 2.05. The summed E-state index contributed by atoms with van der Waals surface area (Å²) in [6.45, 7) is 0. The lowest BCUT2D eigenvalue weighted by atomic mass is 10.3. The van der Waals surface area contributed by atoms with Gasteiger partial charge in [-0.05, 0) is 12.1 Å². The molecule has 1 heterocycles. The van der Waals surface area contributed by atoms with Crippen LogP contribution in [-0.4, -0.2) is 24.2 Å². The van der Waals surface area contributed by atoms with Crippen LogP contribution < -0.4 is 0 Å². The highest BCUT2D eigenvalue weighted by molar-refractivity contribution is 7.85. The Morgan fingerprint density at radius 2 is 1.93 bits per heavy atom. The van der Waals surface area contributed by atoms with E-state index in [4.69, 9.17) is 4.55 Å². The molecule has 0 bridgehead atoms. The van der Waals surface area contributed by atoms with Crippen molar-refractivity contribution in [1.82, 2.24) is 4.98 Å². The summed E-state index contributed by atoms with van der Waals surface area (Å²) in [4.78, 5) is 4.14. The van der Waals surface area contributed by atoms with Crippen molar-refractivity contribution in [1.29, 1.82) is 0 Å². The van der Waals surface area contributed by atoms with E-state index >= 15 is 0 Å². The molecule has 0 unspecified atom stereocenters. The molecule has 14 heavy (non-hydrogen) atoms. The number of hydrogen-bond donors (Lipinski definition) is 1. The van der Waals surface area contributed by atoms with Gasteiger partial charge < -0.3 is 0 Å². The van der Waals surface area contributed by atoms with Crippen molar-refractivity contribution >= 4 is 31.7 Å². The molecule has 1 N–H and O–H groups in total. The standard InChI is InChI=1S/C7H5NS.CH4O3S/c1-2-4-7-6(3-1)8-5-9-7;1-5(2,3)4/h1-5H;1H3,(H,2,3,4). The van der Waals surface area contributed by atoms with Gasteiger partial charge in [0.2, 0.25) is 0 Å². The van der Waals surface area contributed by atoms with Gasteiger partial charge >= 0.3 is 0 Å². The van der Waals surface area contributed by atoms with E-state index in [0.717, 1.165) is 5.52 Å². The van der Waals surface area contributed by atoms with E-state index in [1.165, 1.54) is 4.70 Å². The van der Waals surface area contributed by atoms with Crippen LogP contribution in [0.1, 0.15) is 0 Å². The van der Waals surface area contributed by atoms with Gasteiger partial charge in [0.1, 0.15) is 0 Å². The number of nitrogens with zero attached hydrogens (tertiary/aromatic N) is 1. The molecule has 0 radical (unpaired) electrons. The molecule has 6 heteroatoms. The monoisotopic (exact) mass is 231 g/mol. The van der Waals surface area contributed by atoms with E-state index in [0.29, 0.717) is 6.26 Å². The summed E-state index contributed by atoms with van der Waals surface area (Å²) in [6, 6.07) is 8.13. The zero-order valence-electron chi connectivity index (χ0n) is 7.41. The molecule has 1 aromatic carbocycles. The third kappa shape index (κ3) is 4.31. The second-order valence-corrected chi connectivity index (χ2v) is 4.91. The number of benzene rings is 1. The molecule has 0 aliphatic heterocycles. The first kappa shape index (κ1) is 11.1. The summed E-state index contributed by atoms with van der Waals surface area (Å²) in [5, 5.41) is 0. The highest BCUT2D eigenvalue weighted by Gasteiger charge is 1.89. The second kappa shape index (κ2) is 4.50. The maximum absolute atomic E-state index is 9.19. The lowest BCUT2D eigenvalue weighted by molar-refractivity contribution is 0.490. The van der Waals surface area contributed by atoms with Gasteiger partial charge in [-0.1, -0.05) is 12.1 Å². The van der Waals surface area contributed by atoms with E-state index < -0.39 is 10.1 Å². The molecule has 76 valence electrons. The summed E-state index contributed by atoms with van der Waals surface area (Å²) in [5.74, 6) is 0. The molecule has 0 saturated heterocycles. The number of thiazole rings is 1. The van der Waals surface area contributed by atoms with Crippen molar-refractivity contribution in [2.24, 2.45) is 0 Å². The zero-order valence-corrected chi connectivity index (χ0v) is 9.05. The minimum absolute atomic E-state index is 0.715. The van der Waals surface area contributed by atoms with Crippen LogP contribution in [0.3, 0.4) is 0 Å². The van der Waals surface area contributed by atoms with Crippen LogP contribution in [0, 0.1) is 0 Å². The SMILES string of the molecule is CS(=O)(=O)O.c1ccc2scnc2c1. The summed E-state index contributed by atoms with van der Waals surface area (Å²) in [5.41, 5.74) is 2.97. The van der Waals surface area contributed by atoms with E-state index in [1.807, 2.05) is 23.7 Å². The Bertz CT molecular complexity index is 466. The van der Waals surface area contributed by atoms with E-state index in [-0.39, 0.29) is 0 Å². The van der Waals surface area contributed by atoms with E-state index in [9.17, 15) is 8.42 Å². The highest BCUT2D eigenvalue weighted by Crippen LogP contribution is 2.15. The molecule has 2 aromatic rings. The Balaban J connectivity index is 0.000000171. The molecular weight excluding hydrogens is 222 g/mol. The molecule has 0 fully saturated rings. The molecule has 0 aliphatic carbocycles. The van der Waals surface area contributed by atoms with Gasteiger partial charge in [0.05, 0.1) is 22.0 Å². The number of fused-ring (bicyclic) bond motifs is 1. The highest BCUT2D eigenvalue weighted by atomic mass is 32.2. The van der Waals surface area contributed by atoms with Crippen molar-refractivity contribution in [3.8, 4) is 0 Å². The summed E-state index contributed by atoms with van der Waals surface area (Å²) in [7, 11) is -3.67. The maximum atomic E-state index is 9.19. The van der Waals surface area contributed by atoms with Crippen LogP contribution in [0.5, 0.6) is 0 Å². The topological polar surface area (TPSA) is 67.3 Å². The van der Waals surface area contributed by atoms with Crippen LogP contribution in [-0.2, 0) is 10.1 Å². The van der Waals surface area contributed by atoms with Crippen molar-refractivity contribution in [3.63, 3.8) is 0 Å². The predicted molar refractivity (Wildman–Crippen MR) is 57.1 cm³/mol. The Morgan fingerprint density at radius 1 is 1.36 bits per heavy atom. The van der Waals surface area contributed by atoms with Crippen molar-refractivity contribution in [2.75, 3.05) is 6.26 Å². The normalized spacial score (nSPS) is 10.7. The summed E-state index contributed by atoms with van der Waals surface area (Å²) < 4.78 is 27.1. The van der Waals surface area contributed by atoms with Crippen LogP contribution in [0.25, 0.3) is 10.2 Å².